The second-order valence-electron chi connectivity index (χ2n) is 5.00. The summed E-state index contributed by atoms with van der Waals surface area (Å²) in [6, 6.07) is 4.58. The Balaban J connectivity index is 2.06. The average molecular weight is 279 g/mol. The molecule has 0 radical (unpaired) electrons. The molecular weight excluding hydrogens is 254 g/mol. The van der Waals surface area contributed by atoms with E-state index in [-0.39, 0.29) is 5.56 Å². The van der Waals surface area contributed by atoms with E-state index in [1.54, 1.807) is 12.1 Å². The fourth-order valence-corrected chi connectivity index (χ4v) is 2.04. The van der Waals surface area contributed by atoms with Gasteiger partial charge in [-0.2, -0.15) is 0 Å². The Morgan fingerprint density at radius 2 is 1.70 bits per heavy atom. The highest BCUT2D eigenvalue weighted by Gasteiger charge is 2.06. The van der Waals surface area contributed by atoms with Crippen molar-refractivity contribution in [1.29, 1.82) is 0 Å². The number of rotatable bonds is 9. The minimum Gasteiger partial charge on any atom is -0.449 e. The monoisotopic (exact) mass is 279 g/mol. The molecule has 0 unspecified atom stereocenters. The predicted molar refractivity (Wildman–Crippen MR) is 80.1 cm³/mol. The molecule has 0 amide bonds. The summed E-state index contributed by atoms with van der Waals surface area (Å²) in [5, 5.41) is 0. The van der Waals surface area contributed by atoms with Gasteiger partial charge in [0.25, 0.3) is 5.56 Å². The first-order valence-electron chi connectivity index (χ1n) is 7.60. The van der Waals surface area contributed by atoms with Crippen molar-refractivity contribution < 1.29 is 9.53 Å². The molecular formula is C16H25NO3. The molecule has 0 aromatic carbocycles. The van der Waals surface area contributed by atoms with Gasteiger partial charge in [-0.1, -0.05) is 57.9 Å². The third-order valence-electron chi connectivity index (χ3n) is 3.24. The summed E-state index contributed by atoms with van der Waals surface area (Å²) in [5.41, 5.74) is -0.353. The van der Waals surface area contributed by atoms with E-state index in [1.165, 1.54) is 50.8 Å². The van der Waals surface area contributed by atoms with Crippen molar-refractivity contribution in [2.45, 2.75) is 58.3 Å². The van der Waals surface area contributed by atoms with Crippen LogP contribution in [-0.4, -0.2) is 17.3 Å². The SMILES string of the molecule is CCCCCCCCCCOC(=O)n1ccccc1=O. The van der Waals surface area contributed by atoms with E-state index in [0.717, 1.165) is 17.4 Å². The summed E-state index contributed by atoms with van der Waals surface area (Å²) in [4.78, 5) is 23.0. The molecule has 0 aliphatic heterocycles. The van der Waals surface area contributed by atoms with Crippen LogP contribution in [0.25, 0.3) is 0 Å². The zero-order chi connectivity index (χ0) is 14.6. The summed E-state index contributed by atoms with van der Waals surface area (Å²) in [5.74, 6) is 0. The molecule has 4 heteroatoms. The van der Waals surface area contributed by atoms with Crippen LogP contribution in [0.2, 0.25) is 0 Å². The molecule has 0 atom stereocenters. The fraction of sp³-hybridized carbons (Fsp3) is 0.625. The Kier molecular flexibility index (Phi) is 8.43. The van der Waals surface area contributed by atoms with Crippen molar-refractivity contribution in [3.63, 3.8) is 0 Å². The molecule has 0 saturated carbocycles. The number of unbranched alkanes of at least 4 members (excludes halogenated alkanes) is 7. The first-order chi connectivity index (χ1) is 9.75. The highest BCUT2D eigenvalue weighted by Crippen LogP contribution is 2.08. The topological polar surface area (TPSA) is 48.3 Å². The smallest absolute Gasteiger partial charge is 0.420 e. The van der Waals surface area contributed by atoms with E-state index >= 15 is 0 Å². The van der Waals surface area contributed by atoms with Crippen LogP contribution in [0, 0.1) is 0 Å². The second-order valence-corrected chi connectivity index (χ2v) is 5.00. The van der Waals surface area contributed by atoms with Crippen LogP contribution in [-0.2, 0) is 4.74 Å². The summed E-state index contributed by atoms with van der Waals surface area (Å²) in [7, 11) is 0. The maximum Gasteiger partial charge on any atom is 0.420 e. The summed E-state index contributed by atoms with van der Waals surface area (Å²) in [6.45, 7) is 2.60. The molecule has 112 valence electrons. The molecule has 1 heterocycles. The number of carbonyl (C=O) groups is 1. The van der Waals surface area contributed by atoms with Crippen LogP contribution in [0.5, 0.6) is 0 Å². The Bertz CT molecular complexity index is 439. The minimum atomic E-state index is -0.585. The van der Waals surface area contributed by atoms with Crippen LogP contribution in [0.15, 0.2) is 29.2 Å². The Hall–Kier alpha value is -1.58. The molecule has 0 aliphatic rings. The van der Waals surface area contributed by atoms with Crippen LogP contribution in [0.4, 0.5) is 4.79 Å². The van der Waals surface area contributed by atoms with Gasteiger partial charge in [0.2, 0.25) is 0 Å². The first kappa shape index (κ1) is 16.5. The fourth-order valence-electron chi connectivity index (χ4n) is 2.04. The molecule has 0 saturated heterocycles. The van der Waals surface area contributed by atoms with Crippen LogP contribution in [0.3, 0.4) is 0 Å². The lowest BCUT2D eigenvalue weighted by atomic mass is 10.1. The van der Waals surface area contributed by atoms with Crippen LogP contribution >= 0.6 is 0 Å². The lowest BCUT2D eigenvalue weighted by Crippen LogP contribution is -2.26. The van der Waals surface area contributed by atoms with Crippen molar-refractivity contribution in [2.75, 3.05) is 6.61 Å². The summed E-state index contributed by atoms with van der Waals surface area (Å²) < 4.78 is 6.07. The van der Waals surface area contributed by atoms with Crippen molar-refractivity contribution >= 4 is 6.09 Å². The van der Waals surface area contributed by atoms with Gasteiger partial charge < -0.3 is 4.74 Å². The third-order valence-corrected chi connectivity index (χ3v) is 3.24. The van der Waals surface area contributed by atoms with Crippen LogP contribution in [0.1, 0.15) is 58.3 Å². The molecule has 4 nitrogen and oxygen atoms in total. The summed E-state index contributed by atoms with van der Waals surface area (Å²) >= 11 is 0. The molecule has 0 bridgehead atoms. The zero-order valence-electron chi connectivity index (χ0n) is 12.3. The van der Waals surface area contributed by atoms with Gasteiger partial charge in [-0.3, -0.25) is 4.79 Å². The van der Waals surface area contributed by atoms with Gasteiger partial charge in [-0.25, -0.2) is 9.36 Å². The van der Waals surface area contributed by atoms with Gasteiger partial charge in [0.1, 0.15) is 0 Å². The van der Waals surface area contributed by atoms with Gasteiger partial charge in [-0.15, -0.1) is 0 Å². The number of hydrogen-bond donors (Lipinski definition) is 0. The van der Waals surface area contributed by atoms with Gasteiger partial charge in [0.05, 0.1) is 6.61 Å². The first-order valence-corrected chi connectivity index (χ1v) is 7.60. The van der Waals surface area contributed by atoms with Gasteiger partial charge >= 0.3 is 6.09 Å². The number of ether oxygens (including phenoxy) is 1. The van der Waals surface area contributed by atoms with Crippen molar-refractivity contribution in [3.8, 4) is 0 Å². The molecule has 20 heavy (non-hydrogen) atoms. The average Bonchev–Trinajstić information content (AvgIpc) is 2.46. The number of hydrogen-bond acceptors (Lipinski definition) is 3. The van der Waals surface area contributed by atoms with Gasteiger partial charge in [0, 0.05) is 12.3 Å². The zero-order valence-corrected chi connectivity index (χ0v) is 12.3. The van der Waals surface area contributed by atoms with Crippen molar-refractivity contribution in [3.05, 3.63) is 34.7 Å². The molecule has 1 aromatic rings. The van der Waals surface area contributed by atoms with Gasteiger partial charge in [-0.05, 0) is 12.5 Å². The predicted octanol–water partition coefficient (Wildman–Crippen LogP) is 3.97. The van der Waals surface area contributed by atoms with E-state index in [1.807, 2.05) is 0 Å². The molecule has 0 N–H and O–H groups in total. The van der Waals surface area contributed by atoms with Crippen molar-refractivity contribution in [2.24, 2.45) is 0 Å². The number of nitrogens with zero attached hydrogens (tertiary/aromatic N) is 1. The maximum absolute atomic E-state index is 11.6. The largest absolute Gasteiger partial charge is 0.449 e. The Morgan fingerprint density at radius 3 is 2.35 bits per heavy atom. The Morgan fingerprint density at radius 1 is 1.05 bits per heavy atom. The molecule has 1 aromatic heterocycles. The Labute approximate surface area is 120 Å². The molecule has 1 rings (SSSR count). The van der Waals surface area contributed by atoms with E-state index in [4.69, 9.17) is 4.74 Å². The maximum atomic E-state index is 11.6. The normalized spacial score (nSPS) is 10.4. The number of aromatic nitrogens is 1. The highest BCUT2D eigenvalue weighted by atomic mass is 16.5. The quantitative estimate of drug-likeness (QED) is 0.642. The number of carbonyl (C=O) groups excluding carboxylic acids is 1. The van der Waals surface area contributed by atoms with Gasteiger partial charge in [0.15, 0.2) is 0 Å². The molecule has 0 spiro atoms. The minimum absolute atomic E-state index is 0.353. The standard InChI is InChI=1S/C16H25NO3/c1-2-3-4-5-6-7-8-11-14-20-16(19)17-13-10-9-12-15(17)18/h9-10,12-13H,2-8,11,14H2,1H3. The van der Waals surface area contributed by atoms with E-state index in [0.29, 0.717) is 6.61 Å². The van der Waals surface area contributed by atoms with Crippen LogP contribution < -0.4 is 5.56 Å². The molecule has 0 aliphatic carbocycles. The summed E-state index contributed by atoms with van der Waals surface area (Å²) in [6.07, 6.45) is 10.4. The third kappa shape index (κ3) is 6.55. The lowest BCUT2D eigenvalue weighted by molar-refractivity contribution is 0.144. The van der Waals surface area contributed by atoms with E-state index in [2.05, 4.69) is 6.92 Å². The van der Waals surface area contributed by atoms with E-state index in [9.17, 15) is 9.59 Å². The van der Waals surface area contributed by atoms with Crippen molar-refractivity contribution in [1.82, 2.24) is 4.57 Å². The van der Waals surface area contributed by atoms with E-state index < -0.39 is 6.09 Å². The highest BCUT2D eigenvalue weighted by molar-refractivity contribution is 5.70. The molecule has 0 fully saturated rings. The number of pyridine rings is 1. The lowest BCUT2D eigenvalue weighted by Gasteiger charge is -2.06. The second kappa shape index (κ2) is 10.2.